The SMILES string of the molecule is C1=CC2=CC(C=C1)c1ccccc1-c1ccccc12. The molecular formula is C19H14. The molecule has 0 fully saturated rings. The highest BCUT2D eigenvalue weighted by atomic mass is 14.2. The maximum atomic E-state index is 2.37. The number of hydrogen-bond acceptors (Lipinski definition) is 0. The van der Waals surface area contributed by atoms with Crippen molar-refractivity contribution in [2.45, 2.75) is 5.92 Å². The van der Waals surface area contributed by atoms with E-state index < -0.39 is 0 Å². The summed E-state index contributed by atoms with van der Waals surface area (Å²) in [4.78, 5) is 0. The molecule has 0 N–H and O–H groups in total. The van der Waals surface area contributed by atoms with E-state index in [1.807, 2.05) is 0 Å². The lowest BCUT2D eigenvalue weighted by molar-refractivity contribution is 1.10. The zero-order chi connectivity index (χ0) is 12.7. The molecule has 0 heterocycles. The second kappa shape index (κ2) is 4.10. The number of hydrogen-bond donors (Lipinski definition) is 0. The van der Waals surface area contributed by atoms with E-state index >= 15 is 0 Å². The minimum atomic E-state index is 0.369. The fourth-order valence-corrected chi connectivity index (χ4v) is 3.02. The Morgan fingerprint density at radius 3 is 2.32 bits per heavy atom. The molecule has 2 aromatic rings. The smallest absolute Gasteiger partial charge is 0.0216 e. The van der Waals surface area contributed by atoms with E-state index in [1.165, 1.54) is 27.8 Å². The highest BCUT2D eigenvalue weighted by Gasteiger charge is 2.20. The predicted molar refractivity (Wildman–Crippen MR) is 80.9 cm³/mol. The van der Waals surface area contributed by atoms with Crippen LogP contribution in [0.25, 0.3) is 16.7 Å². The standard InChI is InChI=1S/C19H14/c1-2-8-15-13-14(7-1)16-9-3-5-11-18(16)19-12-6-4-10-17(15)19/h1-14H. The summed E-state index contributed by atoms with van der Waals surface area (Å²) in [6.07, 6.45) is 11.1. The first-order valence-corrected chi connectivity index (χ1v) is 6.69. The van der Waals surface area contributed by atoms with Crippen molar-refractivity contribution in [3.63, 3.8) is 0 Å². The first-order chi connectivity index (χ1) is 9.43. The third kappa shape index (κ3) is 1.61. The Hall–Kier alpha value is -2.34. The Balaban J connectivity index is 2.11. The van der Waals surface area contributed by atoms with Crippen molar-refractivity contribution in [3.05, 3.63) is 90.0 Å². The van der Waals surface area contributed by atoms with Crippen LogP contribution in [0.1, 0.15) is 17.0 Å². The van der Waals surface area contributed by atoms with Gasteiger partial charge in [-0.1, -0.05) is 78.9 Å². The average Bonchev–Trinajstić information content (AvgIpc) is 2.79. The van der Waals surface area contributed by atoms with Crippen LogP contribution in [0.2, 0.25) is 0 Å². The monoisotopic (exact) mass is 242 g/mol. The van der Waals surface area contributed by atoms with Crippen molar-refractivity contribution in [1.82, 2.24) is 0 Å². The van der Waals surface area contributed by atoms with Gasteiger partial charge in [-0.3, -0.25) is 0 Å². The van der Waals surface area contributed by atoms with E-state index in [4.69, 9.17) is 0 Å². The molecule has 0 spiro atoms. The van der Waals surface area contributed by atoms with Gasteiger partial charge in [0.05, 0.1) is 0 Å². The average molecular weight is 242 g/mol. The Labute approximate surface area is 113 Å². The van der Waals surface area contributed by atoms with Crippen LogP contribution < -0.4 is 0 Å². The zero-order valence-electron chi connectivity index (χ0n) is 10.6. The first kappa shape index (κ1) is 10.6. The fraction of sp³-hybridized carbons (Fsp3) is 0.0526. The van der Waals surface area contributed by atoms with E-state index in [-0.39, 0.29) is 0 Å². The Kier molecular flexibility index (Phi) is 2.28. The van der Waals surface area contributed by atoms with E-state index in [2.05, 4.69) is 78.9 Å². The third-order valence-electron chi connectivity index (χ3n) is 3.91. The van der Waals surface area contributed by atoms with Gasteiger partial charge in [0.1, 0.15) is 0 Å². The maximum absolute atomic E-state index is 2.37. The molecule has 0 heteroatoms. The zero-order valence-corrected chi connectivity index (χ0v) is 10.6. The summed E-state index contributed by atoms with van der Waals surface area (Å²) in [5.41, 5.74) is 6.74. The summed E-state index contributed by atoms with van der Waals surface area (Å²) in [5, 5.41) is 0. The van der Waals surface area contributed by atoms with Crippen LogP contribution in [0.3, 0.4) is 0 Å². The Bertz CT molecular complexity index is 729. The normalized spacial score (nSPS) is 18.9. The molecule has 2 aromatic carbocycles. The summed E-state index contributed by atoms with van der Waals surface area (Å²) < 4.78 is 0. The molecule has 2 aliphatic carbocycles. The van der Waals surface area contributed by atoms with E-state index in [0.717, 1.165) is 0 Å². The number of rotatable bonds is 0. The summed E-state index contributed by atoms with van der Waals surface area (Å²) >= 11 is 0. The molecule has 0 aliphatic heterocycles. The van der Waals surface area contributed by atoms with E-state index in [0.29, 0.717) is 5.92 Å². The van der Waals surface area contributed by atoms with Gasteiger partial charge >= 0.3 is 0 Å². The molecule has 19 heavy (non-hydrogen) atoms. The maximum Gasteiger partial charge on any atom is 0.0216 e. The lowest BCUT2D eigenvalue weighted by Crippen LogP contribution is -1.93. The predicted octanol–water partition coefficient (Wildman–Crippen LogP) is 4.96. The van der Waals surface area contributed by atoms with E-state index in [1.54, 1.807) is 0 Å². The largest absolute Gasteiger partial charge is 0.0732 e. The minimum Gasteiger partial charge on any atom is -0.0732 e. The molecule has 0 saturated heterocycles. The van der Waals surface area contributed by atoms with Crippen molar-refractivity contribution >= 4 is 5.57 Å². The fourth-order valence-electron chi connectivity index (χ4n) is 3.02. The second-order valence-corrected chi connectivity index (χ2v) is 5.02. The van der Waals surface area contributed by atoms with Crippen LogP contribution in [0.15, 0.2) is 78.9 Å². The Morgan fingerprint density at radius 2 is 1.42 bits per heavy atom. The number of fused-ring (bicyclic) bond motifs is 6. The molecule has 4 rings (SSSR count). The lowest BCUT2D eigenvalue weighted by Gasteiger charge is -2.13. The van der Waals surface area contributed by atoms with Gasteiger partial charge in [0.2, 0.25) is 0 Å². The summed E-state index contributed by atoms with van der Waals surface area (Å²) in [6, 6.07) is 17.4. The van der Waals surface area contributed by atoms with Crippen molar-refractivity contribution in [1.29, 1.82) is 0 Å². The number of benzene rings is 2. The van der Waals surface area contributed by atoms with Gasteiger partial charge in [-0.25, -0.2) is 0 Å². The molecule has 0 radical (unpaired) electrons. The summed E-state index contributed by atoms with van der Waals surface area (Å²) in [6.45, 7) is 0. The molecule has 2 aliphatic rings. The van der Waals surface area contributed by atoms with Gasteiger partial charge in [-0.05, 0) is 27.8 Å². The van der Waals surface area contributed by atoms with Crippen molar-refractivity contribution in [2.75, 3.05) is 0 Å². The minimum absolute atomic E-state index is 0.369. The molecular weight excluding hydrogens is 228 g/mol. The van der Waals surface area contributed by atoms with Gasteiger partial charge in [-0.15, -0.1) is 0 Å². The van der Waals surface area contributed by atoms with E-state index in [9.17, 15) is 0 Å². The topological polar surface area (TPSA) is 0 Å². The van der Waals surface area contributed by atoms with Gasteiger partial charge in [0, 0.05) is 5.92 Å². The van der Waals surface area contributed by atoms with Gasteiger partial charge in [0.15, 0.2) is 0 Å². The van der Waals surface area contributed by atoms with Crippen LogP contribution in [-0.2, 0) is 0 Å². The molecule has 90 valence electrons. The molecule has 1 unspecified atom stereocenters. The molecule has 1 atom stereocenters. The molecule has 0 nitrogen and oxygen atoms in total. The molecule has 0 aromatic heterocycles. The van der Waals surface area contributed by atoms with Crippen molar-refractivity contribution in [2.24, 2.45) is 0 Å². The molecule has 0 amide bonds. The van der Waals surface area contributed by atoms with Crippen LogP contribution in [0.5, 0.6) is 0 Å². The van der Waals surface area contributed by atoms with Crippen LogP contribution in [0, 0.1) is 0 Å². The van der Waals surface area contributed by atoms with Gasteiger partial charge < -0.3 is 0 Å². The number of allylic oxidation sites excluding steroid dienone is 6. The van der Waals surface area contributed by atoms with Gasteiger partial charge in [-0.2, -0.15) is 0 Å². The molecule has 2 bridgehead atoms. The van der Waals surface area contributed by atoms with Crippen molar-refractivity contribution < 1.29 is 0 Å². The lowest BCUT2D eigenvalue weighted by atomic mass is 9.91. The highest BCUT2D eigenvalue weighted by molar-refractivity contribution is 5.90. The summed E-state index contributed by atoms with van der Waals surface area (Å²) in [5.74, 6) is 0.369. The van der Waals surface area contributed by atoms with Crippen LogP contribution in [-0.4, -0.2) is 0 Å². The quantitative estimate of drug-likeness (QED) is 0.612. The highest BCUT2D eigenvalue weighted by Crippen LogP contribution is 2.41. The van der Waals surface area contributed by atoms with Crippen molar-refractivity contribution in [3.8, 4) is 11.1 Å². The summed E-state index contributed by atoms with van der Waals surface area (Å²) in [7, 11) is 0. The Morgan fingerprint density at radius 1 is 0.684 bits per heavy atom. The van der Waals surface area contributed by atoms with Gasteiger partial charge in [0.25, 0.3) is 0 Å². The molecule has 0 saturated carbocycles. The third-order valence-corrected chi connectivity index (χ3v) is 3.91. The van der Waals surface area contributed by atoms with Crippen LogP contribution >= 0.6 is 0 Å². The first-order valence-electron chi connectivity index (χ1n) is 6.69. The van der Waals surface area contributed by atoms with Crippen LogP contribution in [0.4, 0.5) is 0 Å². The second-order valence-electron chi connectivity index (χ2n) is 5.02.